The first-order valence-corrected chi connectivity index (χ1v) is 9.42. The van der Waals surface area contributed by atoms with Gasteiger partial charge in [-0.2, -0.15) is 4.98 Å². The van der Waals surface area contributed by atoms with Crippen LogP contribution in [0.5, 0.6) is 0 Å². The van der Waals surface area contributed by atoms with Crippen LogP contribution >= 0.6 is 0 Å². The van der Waals surface area contributed by atoms with Crippen molar-refractivity contribution in [3.05, 3.63) is 50.9 Å². The molecule has 1 N–H and O–H groups in total. The van der Waals surface area contributed by atoms with Crippen LogP contribution in [-0.4, -0.2) is 55.9 Å². The Kier molecular flexibility index (Phi) is 4.80. The van der Waals surface area contributed by atoms with E-state index in [0.717, 1.165) is 4.57 Å². The van der Waals surface area contributed by atoms with Crippen LogP contribution < -0.4 is 21.0 Å². The second-order valence-electron chi connectivity index (χ2n) is 7.20. The fraction of sp³-hybridized carbons (Fsp3) is 0.368. The highest BCUT2D eigenvalue weighted by Gasteiger charge is 2.27. The number of anilines is 2. The molecule has 0 spiro atoms. The number of halogens is 1. The van der Waals surface area contributed by atoms with Crippen LogP contribution in [0.1, 0.15) is 0 Å². The number of fused-ring (bicyclic) bond motifs is 1. The molecule has 1 fully saturated rings. The molecule has 0 aliphatic carbocycles. The monoisotopic (exact) mass is 416 g/mol. The van der Waals surface area contributed by atoms with Gasteiger partial charge in [-0.05, 0) is 12.1 Å². The summed E-state index contributed by atoms with van der Waals surface area (Å²) >= 11 is 0. The van der Waals surface area contributed by atoms with Crippen molar-refractivity contribution in [2.24, 2.45) is 14.1 Å². The largest absolute Gasteiger partial charge is 0.480 e. The highest BCUT2D eigenvalue weighted by Crippen LogP contribution is 2.24. The smallest absolute Gasteiger partial charge is 0.332 e. The third-order valence-electron chi connectivity index (χ3n) is 5.38. The molecular formula is C19H21FN6O4. The Hall–Kier alpha value is -3.63. The fourth-order valence-corrected chi connectivity index (χ4v) is 3.82. The Bertz CT molecular complexity index is 1250. The van der Waals surface area contributed by atoms with E-state index in [4.69, 9.17) is 0 Å². The van der Waals surface area contributed by atoms with Gasteiger partial charge in [-0.3, -0.25) is 23.3 Å². The molecule has 0 unspecified atom stereocenters. The quantitative estimate of drug-likeness (QED) is 0.637. The number of hydrogen-bond donors (Lipinski definition) is 1. The number of carboxylic acid groups (broad SMARTS) is 1. The fourth-order valence-electron chi connectivity index (χ4n) is 3.82. The summed E-state index contributed by atoms with van der Waals surface area (Å²) in [6.07, 6.45) is 0. The van der Waals surface area contributed by atoms with E-state index in [9.17, 15) is 23.9 Å². The summed E-state index contributed by atoms with van der Waals surface area (Å²) in [5.41, 5.74) is -0.432. The molecule has 3 heterocycles. The lowest BCUT2D eigenvalue weighted by atomic mass is 10.2. The van der Waals surface area contributed by atoms with Crippen molar-refractivity contribution in [2.45, 2.75) is 6.54 Å². The molecule has 2 aromatic heterocycles. The summed E-state index contributed by atoms with van der Waals surface area (Å²) in [7, 11) is 2.83. The van der Waals surface area contributed by atoms with E-state index in [-0.39, 0.29) is 17.0 Å². The average molecular weight is 416 g/mol. The maximum Gasteiger partial charge on any atom is 0.332 e. The maximum absolute atomic E-state index is 14.1. The Balaban J connectivity index is 1.74. The number of piperazine rings is 1. The molecule has 0 atom stereocenters. The summed E-state index contributed by atoms with van der Waals surface area (Å²) in [6, 6.07) is 6.52. The number of benzene rings is 1. The molecule has 11 heteroatoms. The zero-order valence-corrected chi connectivity index (χ0v) is 16.6. The SMILES string of the molecule is Cn1c(=O)c2c(nc(N3CCN(c4ccccc4F)CC3)n2CC(=O)O)n(C)c1=O. The number of rotatable bonds is 4. The number of imidazole rings is 1. The van der Waals surface area contributed by atoms with E-state index in [1.54, 1.807) is 18.2 Å². The van der Waals surface area contributed by atoms with Gasteiger partial charge in [-0.1, -0.05) is 12.1 Å². The van der Waals surface area contributed by atoms with Gasteiger partial charge in [0.25, 0.3) is 5.56 Å². The molecule has 1 aliphatic rings. The van der Waals surface area contributed by atoms with Crippen molar-refractivity contribution in [3.63, 3.8) is 0 Å². The van der Waals surface area contributed by atoms with Crippen LogP contribution in [0.3, 0.4) is 0 Å². The van der Waals surface area contributed by atoms with Crippen molar-refractivity contribution >= 4 is 28.8 Å². The summed E-state index contributed by atoms with van der Waals surface area (Å²) in [5.74, 6) is -1.13. The molecule has 0 bridgehead atoms. The minimum absolute atomic E-state index is 0.0635. The topological polar surface area (TPSA) is 106 Å². The first-order chi connectivity index (χ1) is 14.3. The Morgan fingerprint density at radius 3 is 2.33 bits per heavy atom. The van der Waals surface area contributed by atoms with E-state index in [0.29, 0.717) is 37.8 Å². The van der Waals surface area contributed by atoms with Crippen LogP contribution in [0, 0.1) is 5.82 Å². The van der Waals surface area contributed by atoms with Crippen molar-refractivity contribution < 1.29 is 14.3 Å². The summed E-state index contributed by atoms with van der Waals surface area (Å²) in [4.78, 5) is 44.6. The van der Waals surface area contributed by atoms with E-state index in [1.165, 1.54) is 29.3 Å². The van der Waals surface area contributed by atoms with E-state index in [1.807, 2.05) is 9.80 Å². The van der Waals surface area contributed by atoms with Gasteiger partial charge in [0.1, 0.15) is 12.4 Å². The van der Waals surface area contributed by atoms with Crippen molar-refractivity contribution in [2.75, 3.05) is 36.0 Å². The minimum Gasteiger partial charge on any atom is -0.480 e. The zero-order valence-electron chi connectivity index (χ0n) is 16.6. The molecule has 0 amide bonds. The molecule has 3 aromatic rings. The molecule has 1 aromatic carbocycles. The second-order valence-corrected chi connectivity index (χ2v) is 7.20. The summed E-state index contributed by atoms with van der Waals surface area (Å²) in [6.45, 7) is 1.42. The van der Waals surface area contributed by atoms with Gasteiger partial charge in [-0.15, -0.1) is 0 Å². The number of carboxylic acids is 1. The number of aliphatic carboxylic acids is 1. The predicted molar refractivity (Wildman–Crippen MR) is 109 cm³/mol. The maximum atomic E-state index is 14.1. The predicted octanol–water partition coefficient (Wildman–Crippen LogP) is -0.0160. The third kappa shape index (κ3) is 3.11. The standard InChI is InChI=1S/C19H21FN6O4/c1-22-16-15(17(29)23(2)19(22)30)26(11-14(27)28)18(21-16)25-9-7-24(8-10-25)13-6-4-3-5-12(13)20/h3-6H,7-11H2,1-2H3,(H,27,28). The summed E-state index contributed by atoms with van der Waals surface area (Å²) < 4.78 is 17.6. The van der Waals surface area contributed by atoms with Crippen molar-refractivity contribution in [3.8, 4) is 0 Å². The molecule has 158 valence electrons. The molecule has 4 rings (SSSR count). The first-order valence-electron chi connectivity index (χ1n) is 9.42. The van der Waals surface area contributed by atoms with Gasteiger partial charge < -0.3 is 14.9 Å². The average Bonchev–Trinajstić information content (AvgIpc) is 3.10. The molecule has 0 saturated carbocycles. The highest BCUT2D eigenvalue weighted by atomic mass is 19.1. The van der Waals surface area contributed by atoms with E-state index >= 15 is 0 Å². The molecule has 1 saturated heterocycles. The third-order valence-corrected chi connectivity index (χ3v) is 5.38. The lowest BCUT2D eigenvalue weighted by Crippen LogP contribution is -2.47. The molecule has 30 heavy (non-hydrogen) atoms. The second kappa shape index (κ2) is 7.32. The Labute approximate surface area is 170 Å². The molecule has 0 radical (unpaired) electrons. The number of hydrogen-bond acceptors (Lipinski definition) is 6. The van der Waals surface area contributed by atoms with Gasteiger partial charge in [0, 0.05) is 40.3 Å². The first kappa shape index (κ1) is 19.7. The normalized spacial score (nSPS) is 14.5. The molecule has 10 nitrogen and oxygen atoms in total. The van der Waals surface area contributed by atoms with E-state index in [2.05, 4.69) is 4.98 Å². The number of nitrogens with zero attached hydrogens (tertiary/aromatic N) is 6. The minimum atomic E-state index is -1.13. The Morgan fingerprint density at radius 1 is 1.07 bits per heavy atom. The van der Waals surface area contributed by atoms with Crippen molar-refractivity contribution in [1.29, 1.82) is 0 Å². The highest BCUT2D eigenvalue weighted by molar-refractivity contribution is 5.78. The van der Waals surface area contributed by atoms with Gasteiger partial charge in [0.2, 0.25) is 5.95 Å². The van der Waals surface area contributed by atoms with Gasteiger partial charge >= 0.3 is 11.7 Å². The Morgan fingerprint density at radius 2 is 1.70 bits per heavy atom. The van der Waals surface area contributed by atoms with Crippen LogP contribution in [0.4, 0.5) is 16.0 Å². The van der Waals surface area contributed by atoms with Crippen LogP contribution in [0.2, 0.25) is 0 Å². The van der Waals surface area contributed by atoms with Crippen LogP contribution in [0.25, 0.3) is 11.2 Å². The van der Waals surface area contributed by atoms with Crippen LogP contribution in [-0.2, 0) is 25.4 Å². The zero-order chi connectivity index (χ0) is 21.6. The van der Waals surface area contributed by atoms with E-state index < -0.39 is 23.8 Å². The number of para-hydroxylation sites is 1. The number of aromatic nitrogens is 4. The lowest BCUT2D eigenvalue weighted by Gasteiger charge is -2.36. The van der Waals surface area contributed by atoms with Crippen LogP contribution in [0.15, 0.2) is 33.9 Å². The molecule has 1 aliphatic heterocycles. The lowest BCUT2D eigenvalue weighted by molar-refractivity contribution is -0.137. The number of carbonyl (C=O) groups is 1. The summed E-state index contributed by atoms with van der Waals surface area (Å²) in [5, 5.41) is 9.38. The number of aryl methyl sites for hydroxylation is 1. The van der Waals surface area contributed by atoms with Crippen molar-refractivity contribution in [1.82, 2.24) is 18.7 Å². The van der Waals surface area contributed by atoms with Gasteiger partial charge in [0.15, 0.2) is 11.2 Å². The van der Waals surface area contributed by atoms with Gasteiger partial charge in [0.05, 0.1) is 5.69 Å². The molecular weight excluding hydrogens is 395 g/mol. The van der Waals surface area contributed by atoms with Gasteiger partial charge in [-0.25, -0.2) is 9.18 Å².